The van der Waals surface area contributed by atoms with Crippen LogP contribution in [0.2, 0.25) is 0 Å². The fraction of sp³-hybridized carbons (Fsp3) is 0.357. The van der Waals surface area contributed by atoms with Crippen LogP contribution in [0.3, 0.4) is 0 Å². The zero-order chi connectivity index (χ0) is 13.8. The molecule has 1 atom stereocenters. The molecule has 1 aromatic carbocycles. The van der Waals surface area contributed by atoms with E-state index in [0.29, 0.717) is 17.5 Å². The van der Waals surface area contributed by atoms with Crippen molar-refractivity contribution >= 4 is 16.9 Å². The topological polar surface area (TPSA) is 51.5 Å². The number of halogens is 1. The first-order valence-corrected chi connectivity index (χ1v) is 6.19. The Kier molecular flexibility index (Phi) is 4.16. The first kappa shape index (κ1) is 13.5. The maximum absolute atomic E-state index is 13.5. The largest absolute Gasteiger partial charge is 0.466 e. The molecule has 0 saturated heterocycles. The van der Waals surface area contributed by atoms with Crippen molar-refractivity contribution in [2.45, 2.75) is 26.0 Å². The van der Waals surface area contributed by atoms with Gasteiger partial charge in [0.05, 0.1) is 24.6 Å². The molecular formula is C14H16FNO3. The average Bonchev–Trinajstić information content (AvgIpc) is 2.74. The quantitative estimate of drug-likeness (QED) is 0.842. The van der Waals surface area contributed by atoms with Crippen molar-refractivity contribution < 1.29 is 19.0 Å². The van der Waals surface area contributed by atoms with Crippen LogP contribution in [0.1, 0.15) is 13.3 Å². The second-order valence-corrected chi connectivity index (χ2v) is 4.30. The van der Waals surface area contributed by atoms with Crippen LogP contribution in [0.25, 0.3) is 10.9 Å². The van der Waals surface area contributed by atoms with Gasteiger partial charge in [-0.2, -0.15) is 0 Å². The summed E-state index contributed by atoms with van der Waals surface area (Å²) in [7, 11) is 0. The number of aromatic nitrogens is 1. The fourth-order valence-corrected chi connectivity index (χ4v) is 2.05. The van der Waals surface area contributed by atoms with Crippen molar-refractivity contribution in [3.05, 3.63) is 36.3 Å². The van der Waals surface area contributed by atoms with Gasteiger partial charge in [-0.15, -0.1) is 0 Å². The molecule has 1 aromatic heterocycles. The molecule has 1 unspecified atom stereocenters. The Bertz CT molecular complexity index is 579. The highest BCUT2D eigenvalue weighted by molar-refractivity contribution is 5.80. The number of hydrogen-bond donors (Lipinski definition) is 1. The van der Waals surface area contributed by atoms with Crippen LogP contribution >= 0.6 is 0 Å². The first-order valence-electron chi connectivity index (χ1n) is 6.19. The Morgan fingerprint density at radius 2 is 2.26 bits per heavy atom. The number of nitrogens with zero attached hydrogens (tertiary/aromatic N) is 1. The molecule has 2 aromatic rings. The number of rotatable bonds is 5. The van der Waals surface area contributed by atoms with Crippen LogP contribution in [0.5, 0.6) is 0 Å². The lowest BCUT2D eigenvalue weighted by atomic mass is 10.2. The molecule has 5 heteroatoms. The van der Waals surface area contributed by atoms with Crippen molar-refractivity contribution in [3.8, 4) is 0 Å². The Morgan fingerprint density at radius 3 is 3.00 bits per heavy atom. The van der Waals surface area contributed by atoms with E-state index in [-0.39, 0.29) is 18.8 Å². The summed E-state index contributed by atoms with van der Waals surface area (Å²) in [5.41, 5.74) is 0.697. The predicted octanol–water partition coefficient (Wildman–Crippen LogP) is 2.09. The van der Waals surface area contributed by atoms with Crippen LogP contribution in [0.15, 0.2) is 30.5 Å². The van der Waals surface area contributed by atoms with E-state index in [1.165, 1.54) is 6.07 Å². The minimum Gasteiger partial charge on any atom is -0.466 e. The number of aliphatic hydroxyl groups is 1. The average molecular weight is 265 g/mol. The summed E-state index contributed by atoms with van der Waals surface area (Å²) in [6.45, 7) is 2.24. The van der Waals surface area contributed by atoms with Crippen LogP contribution < -0.4 is 0 Å². The standard InChI is InChI=1S/C14H16FNO3/c1-2-19-14(18)8-10(17)9-16-7-6-11-12(15)4-3-5-13(11)16/h3-7,10,17H,2,8-9H2,1H3. The summed E-state index contributed by atoms with van der Waals surface area (Å²) >= 11 is 0. The number of carbonyl (C=O) groups is 1. The number of fused-ring (bicyclic) bond motifs is 1. The van der Waals surface area contributed by atoms with Gasteiger partial charge in [0.2, 0.25) is 0 Å². The number of esters is 1. The monoisotopic (exact) mass is 265 g/mol. The molecule has 0 fully saturated rings. The van der Waals surface area contributed by atoms with Gasteiger partial charge in [-0.3, -0.25) is 4.79 Å². The molecule has 0 aliphatic heterocycles. The second-order valence-electron chi connectivity index (χ2n) is 4.30. The first-order chi connectivity index (χ1) is 9.11. The van der Waals surface area contributed by atoms with E-state index < -0.39 is 12.1 Å². The summed E-state index contributed by atoms with van der Waals surface area (Å²) in [6.07, 6.45) is 0.781. The van der Waals surface area contributed by atoms with Gasteiger partial charge in [0.1, 0.15) is 5.82 Å². The highest BCUT2D eigenvalue weighted by Crippen LogP contribution is 2.19. The smallest absolute Gasteiger partial charge is 0.308 e. The van der Waals surface area contributed by atoms with E-state index in [1.807, 2.05) is 0 Å². The molecule has 1 heterocycles. The van der Waals surface area contributed by atoms with Gasteiger partial charge in [-0.05, 0) is 25.1 Å². The van der Waals surface area contributed by atoms with Crippen LogP contribution in [-0.4, -0.2) is 28.4 Å². The highest BCUT2D eigenvalue weighted by Gasteiger charge is 2.14. The molecule has 102 valence electrons. The lowest BCUT2D eigenvalue weighted by Gasteiger charge is -2.12. The van der Waals surface area contributed by atoms with Crippen LogP contribution in [-0.2, 0) is 16.1 Å². The SMILES string of the molecule is CCOC(=O)CC(O)Cn1ccc2c(F)cccc21. The van der Waals surface area contributed by atoms with Crippen molar-refractivity contribution in [2.75, 3.05) is 6.61 Å². The molecule has 0 amide bonds. The minimum absolute atomic E-state index is 0.0666. The van der Waals surface area contributed by atoms with E-state index >= 15 is 0 Å². The second kappa shape index (κ2) is 5.84. The highest BCUT2D eigenvalue weighted by atomic mass is 19.1. The third kappa shape index (κ3) is 3.12. The molecular weight excluding hydrogens is 249 g/mol. The molecule has 19 heavy (non-hydrogen) atoms. The Labute approximate surface area is 110 Å². The third-order valence-corrected chi connectivity index (χ3v) is 2.88. The van der Waals surface area contributed by atoms with Gasteiger partial charge in [-0.25, -0.2) is 4.39 Å². The fourth-order valence-electron chi connectivity index (χ4n) is 2.05. The summed E-state index contributed by atoms with van der Waals surface area (Å²) in [4.78, 5) is 11.2. The summed E-state index contributed by atoms with van der Waals surface area (Å²) in [5, 5.41) is 10.3. The Hall–Kier alpha value is -1.88. The number of ether oxygens (including phenoxy) is 1. The molecule has 4 nitrogen and oxygen atoms in total. The molecule has 0 aliphatic carbocycles. The molecule has 0 spiro atoms. The lowest BCUT2D eigenvalue weighted by Crippen LogP contribution is -2.20. The van der Waals surface area contributed by atoms with Gasteiger partial charge in [0, 0.05) is 18.1 Å². The Balaban J connectivity index is 2.09. The van der Waals surface area contributed by atoms with Crippen LogP contribution in [0.4, 0.5) is 4.39 Å². The molecule has 0 radical (unpaired) electrons. The molecule has 2 rings (SSSR count). The third-order valence-electron chi connectivity index (χ3n) is 2.88. The van der Waals surface area contributed by atoms with Crippen LogP contribution in [0, 0.1) is 5.82 Å². The van der Waals surface area contributed by atoms with E-state index in [1.54, 1.807) is 35.9 Å². The molecule has 0 saturated carbocycles. The van der Waals surface area contributed by atoms with Crippen molar-refractivity contribution in [2.24, 2.45) is 0 Å². The van der Waals surface area contributed by atoms with Gasteiger partial charge < -0.3 is 14.4 Å². The Morgan fingerprint density at radius 1 is 1.47 bits per heavy atom. The number of benzene rings is 1. The summed E-state index contributed by atoms with van der Waals surface area (Å²) in [6, 6.07) is 6.44. The maximum Gasteiger partial charge on any atom is 0.308 e. The summed E-state index contributed by atoms with van der Waals surface area (Å²) in [5.74, 6) is -0.728. The van der Waals surface area contributed by atoms with Gasteiger partial charge in [0.15, 0.2) is 0 Å². The lowest BCUT2D eigenvalue weighted by molar-refractivity contribution is -0.145. The van der Waals surface area contributed by atoms with E-state index in [4.69, 9.17) is 4.74 Å². The van der Waals surface area contributed by atoms with Crippen molar-refractivity contribution in [1.82, 2.24) is 4.57 Å². The van der Waals surface area contributed by atoms with Gasteiger partial charge in [-0.1, -0.05) is 6.07 Å². The van der Waals surface area contributed by atoms with Gasteiger partial charge >= 0.3 is 5.97 Å². The van der Waals surface area contributed by atoms with E-state index in [0.717, 1.165) is 0 Å². The zero-order valence-electron chi connectivity index (χ0n) is 10.7. The number of aliphatic hydroxyl groups excluding tert-OH is 1. The van der Waals surface area contributed by atoms with E-state index in [9.17, 15) is 14.3 Å². The zero-order valence-corrected chi connectivity index (χ0v) is 10.7. The molecule has 1 N–H and O–H groups in total. The van der Waals surface area contributed by atoms with E-state index in [2.05, 4.69) is 0 Å². The molecule has 0 aliphatic rings. The summed E-state index contributed by atoms with van der Waals surface area (Å²) < 4.78 is 20.0. The predicted molar refractivity (Wildman–Crippen MR) is 69.2 cm³/mol. The van der Waals surface area contributed by atoms with Crippen molar-refractivity contribution in [1.29, 1.82) is 0 Å². The van der Waals surface area contributed by atoms with Crippen molar-refractivity contribution in [3.63, 3.8) is 0 Å². The normalized spacial score (nSPS) is 12.6. The number of hydrogen-bond acceptors (Lipinski definition) is 3. The van der Waals surface area contributed by atoms with Gasteiger partial charge in [0.25, 0.3) is 0 Å². The minimum atomic E-state index is -0.849. The molecule has 0 bridgehead atoms. The maximum atomic E-state index is 13.5. The number of carbonyl (C=O) groups excluding carboxylic acids is 1.